The molecule has 0 unspecified atom stereocenters. The normalized spacial score (nSPS) is 16.5. The fraction of sp³-hybridized carbons (Fsp3) is 0.412. The Kier molecular flexibility index (Phi) is 5.19. The molecule has 0 atom stereocenters. The molecule has 0 bridgehead atoms. The third-order valence-electron chi connectivity index (χ3n) is 4.19. The molecule has 2 aromatic rings. The highest BCUT2D eigenvalue weighted by Gasteiger charge is 2.20. The molecular weight excluding hydrogens is 294 g/mol. The van der Waals surface area contributed by atoms with Crippen molar-refractivity contribution in [1.29, 1.82) is 0 Å². The Morgan fingerprint density at radius 1 is 1.27 bits per heavy atom. The summed E-state index contributed by atoms with van der Waals surface area (Å²) in [6.45, 7) is 3.86. The molecule has 3 heterocycles. The zero-order chi connectivity index (χ0) is 15.2. The van der Waals surface area contributed by atoms with Crippen molar-refractivity contribution in [3.05, 3.63) is 52.5 Å². The first-order valence-corrected chi connectivity index (χ1v) is 8.65. The summed E-state index contributed by atoms with van der Waals surface area (Å²) >= 11 is 1.87. The largest absolute Gasteiger partial charge is 0.351 e. The molecule has 116 valence electrons. The monoisotopic (exact) mass is 315 g/mol. The Bertz CT molecular complexity index is 577. The van der Waals surface area contributed by atoms with E-state index in [1.165, 1.54) is 17.7 Å². The van der Waals surface area contributed by atoms with Gasteiger partial charge >= 0.3 is 0 Å². The van der Waals surface area contributed by atoms with Crippen LogP contribution in [0.25, 0.3) is 0 Å². The molecule has 0 saturated carbocycles. The maximum absolute atomic E-state index is 11.9. The zero-order valence-electron chi connectivity index (χ0n) is 12.6. The van der Waals surface area contributed by atoms with Gasteiger partial charge in [0.1, 0.15) is 0 Å². The second kappa shape index (κ2) is 7.51. The molecule has 0 radical (unpaired) electrons. The number of rotatable bonds is 5. The second-order valence-corrected chi connectivity index (χ2v) is 6.60. The van der Waals surface area contributed by atoms with Crippen LogP contribution in [-0.4, -0.2) is 42.0 Å². The van der Waals surface area contributed by atoms with Crippen LogP contribution in [-0.2, 0) is 0 Å². The highest BCUT2D eigenvalue weighted by atomic mass is 32.1. The van der Waals surface area contributed by atoms with Crippen molar-refractivity contribution in [2.45, 2.75) is 18.8 Å². The zero-order valence-corrected chi connectivity index (χ0v) is 13.4. The van der Waals surface area contributed by atoms with Crippen LogP contribution < -0.4 is 5.32 Å². The van der Waals surface area contributed by atoms with E-state index in [1.54, 1.807) is 24.5 Å². The van der Waals surface area contributed by atoms with E-state index in [0.29, 0.717) is 12.1 Å². The van der Waals surface area contributed by atoms with Crippen LogP contribution in [0.4, 0.5) is 0 Å². The molecule has 0 aromatic carbocycles. The van der Waals surface area contributed by atoms with Crippen LogP contribution in [0, 0.1) is 0 Å². The topological polar surface area (TPSA) is 45.2 Å². The molecule has 3 rings (SSSR count). The number of aromatic nitrogens is 1. The maximum atomic E-state index is 11.9. The van der Waals surface area contributed by atoms with E-state index < -0.39 is 0 Å². The average Bonchev–Trinajstić information content (AvgIpc) is 3.11. The van der Waals surface area contributed by atoms with Gasteiger partial charge in [-0.15, -0.1) is 11.3 Å². The van der Waals surface area contributed by atoms with Crippen LogP contribution in [0.1, 0.15) is 34.0 Å². The van der Waals surface area contributed by atoms with Crippen LogP contribution in [0.2, 0.25) is 0 Å². The van der Waals surface area contributed by atoms with Gasteiger partial charge in [-0.25, -0.2) is 0 Å². The first-order chi connectivity index (χ1) is 10.8. The van der Waals surface area contributed by atoms with Gasteiger partial charge in [-0.3, -0.25) is 9.78 Å². The molecule has 4 nitrogen and oxygen atoms in total. The number of carbonyl (C=O) groups excluding carboxylic acids is 1. The van der Waals surface area contributed by atoms with E-state index in [-0.39, 0.29) is 5.91 Å². The lowest BCUT2D eigenvalue weighted by molar-refractivity contribution is 0.0945. The molecule has 1 N–H and O–H groups in total. The minimum absolute atomic E-state index is 0.0177. The van der Waals surface area contributed by atoms with Gasteiger partial charge in [0.25, 0.3) is 5.91 Å². The number of likely N-dealkylation sites (tertiary alicyclic amines) is 1. The number of carbonyl (C=O) groups is 1. The molecule has 2 aromatic heterocycles. The highest BCUT2D eigenvalue weighted by molar-refractivity contribution is 7.10. The summed E-state index contributed by atoms with van der Waals surface area (Å²) in [6.07, 6.45) is 5.73. The molecule has 5 heteroatoms. The average molecular weight is 315 g/mol. The molecule has 1 aliphatic rings. The van der Waals surface area contributed by atoms with Gasteiger partial charge in [0.05, 0.1) is 0 Å². The number of nitrogens with one attached hydrogen (secondary N) is 1. The van der Waals surface area contributed by atoms with E-state index in [9.17, 15) is 4.79 Å². The fourth-order valence-electron chi connectivity index (χ4n) is 2.90. The van der Waals surface area contributed by atoms with Crippen LogP contribution >= 0.6 is 11.3 Å². The van der Waals surface area contributed by atoms with E-state index in [0.717, 1.165) is 25.6 Å². The third-order valence-corrected chi connectivity index (χ3v) is 5.22. The second-order valence-electron chi connectivity index (χ2n) is 5.62. The number of hydrogen-bond acceptors (Lipinski definition) is 4. The lowest BCUT2D eigenvalue weighted by Crippen LogP contribution is -2.39. The summed E-state index contributed by atoms with van der Waals surface area (Å²) < 4.78 is 0. The van der Waals surface area contributed by atoms with Gasteiger partial charge in [-0.1, -0.05) is 6.07 Å². The summed E-state index contributed by atoms with van der Waals surface area (Å²) in [7, 11) is 0. The maximum Gasteiger partial charge on any atom is 0.251 e. The molecule has 0 spiro atoms. The van der Waals surface area contributed by atoms with Crippen molar-refractivity contribution in [3.8, 4) is 0 Å². The van der Waals surface area contributed by atoms with E-state index >= 15 is 0 Å². The van der Waals surface area contributed by atoms with Crippen molar-refractivity contribution < 1.29 is 4.79 Å². The molecule has 1 aliphatic heterocycles. The summed E-state index contributed by atoms with van der Waals surface area (Å²) in [5, 5.41) is 5.14. The van der Waals surface area contributed by atoms with E-state index in [1.807, 2.05) is 11.3 Å². The Balaban J connectivity index is 1.38. The first-order valence-electron chi connectivity index (χ1n) is 7.77. The lowest BCUT2D eigenvalue weighted by Gasteiger charge is -2.31. The predicted molar refractivity (Wildman–Crippen MR) is 89.3 cm³/mol. The minimum Gasteiger partial charge on any atom is -0.351 e. The SMILES string of the molecule is O=C(NCCN1CCC(c2cccs2)CC1)c1ccncc1. The lowest BCUT2D eigenvalue weighted by atomic mass is 9.95. The van der Waals surface area contributed by atoms with Crippen LogP contribution in [0.5, 0.6) is 0 Å². The fourth-order valence-corrected chi connectivity index (χ4v) is 3.80. The Morgan fingerprint density at radius 2 is 2.05 bits per heavy atom. The van der Waals surface area contributed by atoms with Crippen LogP contribution in [0.3, 0.4) is 0 Å². The molecule has 0 aliphatic carbocycles. The standard InChI is InChI=1S/C17H21N3OS/c21-17(15-3-7-18-8-4-15)19-9-12-20-10-5-14(6-11-20)16-2-1-13-22-16/h1-4,7-8,13-14H,5-6,9-12H2,(H,19,21). The predicted octanol–water partition coefficient (Wildman–Crippen LogP) is 2.75. The van der Waals surface area contributed by atoms with Gasteiger partial charge in [-0.2, -0.15) is 0 Å². The number of piperidine rings is 1. The minimum atomic E-state index is -0.0177. The third kappa shape index (κ3) is 3.93. The number of thiophene rings is 1. The number of amides is 1. The molecule has 22 heavy (non-hydrogen) atoms. The Labute approximate surface area is 135 Å². The summed E-state index contributed by atoms with van der Waals surface area (Å²) in [5.41, 5.74) is 0.673. The van der Waals surface area contributed by atoms with Gasteiger partial charge in [0, 0.05) is 35.9 Å². The van der Waals surface area contributed by atoms with Crippen molar-refractivity contribution in [2.75, 3.05) is 26.2 Å². The van der Waals surface area contributed by atoms with Crippen molar-refractivity contribution in [1.82, 2.24) is 15.2 Å². The van der Waals surface area contributed by atoms with Gasteiger partial charge in [0.2, 0.25) is 0 Å². The number of hydrogen-bond donors (Lipinski definition) is 1. The van der Waals surface area contributed by atoms with Crippen molar-refractivity contribution >= 4 is 17.2 Å². The first kappa shape index (κ1) is 15.2. The molecule has 1 fully saturated rings. The summed E-state index contributed by atoms with van der Waals surface area (Å²) in [6, 6.07) is 7.87. The van der Waals surface area contributed by atoms with Gasteiger partial charge < -0.3 is 10.2 Å². The highest BCUT2D eigenvalue weighted by Crippen LogP contribution is 2.30. The van der Waals surface area contributed by atoms with Gasteiger partial charge in [0.15, 0.2) is 0 Å². The van der Waals surface area contributed by atoms with Gasteiger partial charge in [-0.05, 0) is 55.4 Å². The van der Waals surface area contributed by atoms with Crippen molar-refractivity contribution in [3.63, 3.8) is 0 Å². The molecule has 1 saturated heterocycles. The molecule has 1 amide bonds. The summed E-state index contributed by atoms with van der Waals surface area (Å²) in [4.78, 5) is 19.8. The smallest absolute Gasteiger partial charge is 0.251 e. The Morgan fingerprint density at radius 3 is 2.73 bits per heavy atom. The van der Waals surface area contributed by atoms with Crippen LogP contribution in [0.15, 0.2) is 42.0 Å². The van der Waals surface area contributed by atoms with Crippen molar-refractivity contribution in [2.24, 2.45) is 0 Å². The number of pyridine rings is 1. The quantitative estimate of drug-likeness (QED) is 0.923. The summed E-state index contributed by atoms with van der Waals surface area (Å²) in [5.74, 6) is 0.707. The van der Waals surface area contributed by atoms with E-state index in [4.69, 9.17) is 0 Å². The van der Waals surface area contributed by atoms with E-state index in [2.05, 4.69) is 32.7 Å². The number of nitrogens with zero attached hydrogens (tertiary/aromatic N) is 2. The molecular formula is C17H21N3OS. The Hall–Kier alpha value is -1.72.